The van der Waals surface area contributed by atoms with Gasteiger partial charge in [-0.2, -0.15) is 0 Å². The summed E-state index contributed by atoms with van der Waals surface area (Å²) in [6.07, 6.45) is 4.74. The van der Waals surface area contributed by atoms with Crippen LogP contribution >= 0.6 is 0 Å². The van der Waals surface area contributed by atoms with E-state index in [1.165, 1.54) is 25.9 Å². The molecule has 0 unspecified atom stereocenters. The Bertz CT molecular complexity index is 230. The zero-order chi connectivity index (χ0) is 10.8. The quantitative estimate of drug-likeness (QED) is 0.699. The van der Waals surface area contributed by atoms with Crippen LogP contribution in [-0.2, 0) is 4.79 Å². The van der Waals surface area contributed by atoms with Crippen molar-refractivity contribution in [1.29, 1.82) is 0 Å². The highest BCUT2D eigenvalue weighted by molar-refractivity contribution is 5.80. The molecule has 0 bridgehead atoms. The van der Waals surface area contributed by atoms with E-state index in [9.17, 15) is 4.79 Å². The molecule has 1 aliphatic heterocycles. The van der Waals surface area contributed by atoms with Gasteiger partial charge in [-0.15, -0.1) is 0 Å². The number of carbonyl (C=O) groups is 1. The topological polar surface area (TPSA) is 23.6 Å². The smallest absolute Gasteiger partial charge is 0.225 e. The third-order valence-electron chi connectivity index (χ3n) is 3.67. The van der Waals surface area contributed by atoms with Crippen LogP contribution in [-0.4, -0.2) is 49.4 Å². The molecule has 1 saturated carbocycles. The molecule has 0 aromatic heterocycles. The van der Waals surface area contributed by atoms with Gasteiger partial charge in [0.05, 0.1) is 0 Å². The van der Waals surface area contributed by atoms with E-state index in [1.54, 1.807) is 0 Å². The van der Waals surface area contributed by atoms with Gasteiger partial charge in [0.2, 0.25) is 5.91 Å². The Morgan fingerprint density at radius 1 is 1.27 bits per heavy atom. The highest BCUT2D eigenvalue weighted by atomic mass is 16.2. The first-order chi connectivity index (χ1) is 7.16. The number of carbonyl (C=O) groups excluding carboxylic acids is 1. The van der Waals surface area contributed by atoms with E-state index in [1.807, 2.05) is 11.9 Å². The molecule has 1 amide bonds. The van der Waals surface area contributed by atoms with Crippen molar-refractivity contribution in [2.75, 3.05) is 33.7 Å². The van der Waals surface area contributed by atoms with Crippen molar-refractivity contribution in [3.05, 3.63) is 0 Å². The second kappa shape index (κ2) is 4.52. The lowest BCUT2D eigenvalue weighted by atomic mass is 9.96. The standard InChI is InChI=1S/C12H22N2O/c1-13-7-5-10(6-8-13)9-14(2)12(15)11-3-4-11/h10-11H,3-9H2,1-2H3. The molecule has 2 fully saturated rings. The molecule has 3 nitrogen and oxygen atoms in total. The highest BCUT2D eigenvalue weighted by Gasteiger charge is 2.32. The van der Waals surface area contributed by atoms with Gasteiger partial charge in [0.1, 0.15) is 0 Å². The molecular weight excluding hydrogens is 188 g/mol. The molecule has 86 valence electrons. The van der Waals surface area contributed by atoms with Gasteiger partial charge in [-0.05, 0) is 51.7 Å². The number of likely N-dealkylation sites (tertiary alicyclic amines) is 1. The first-order valence-electron chi connectivity index (χ1n) is 6.10. The van der Waals surface area contributed by atoms with Crippen molar-refractivity contribution >= 4 is 5.91 Å². The van der Waals surface area contributed by atoms with E-state index in [4.69, 9.17) is 0 Å². The number of rotatable bonds is 3. The van der Waals surface area contributed by atoms with E-state index in [0.29, 0.717) is 11.8 Å². The molecule has 2 rings (SSSR count). The predicted octanol–water partition coefficient (Wildman–Crippen LogP) is 1.20. The van der Waals surface area contributed by atoms with Crippen molar-refractivity contribution < 1.29 is 4.79 Å². The number of piperidine rings is 1. The van der Waals surface area contributed by atoms with E-state index < -0.39 is 0 Å². The number of amides is 1. The fraction of sp³-hybridized carbons (Fsp3) is 0.917. The fourth-order valence-electron chi connectivity index (χ4n) is 2.36. The molecule has 1 aliphatic carbocycles. The number of hydrogen-bond donors (Lipinski definition) is 0. The first-order valence-corrected chi connectivity index (χ1v) is 6.10. The summed E-state index contributed by atoms with van der Waals surface area (Å²) in [7, 11) is 4.15. The van der Waals surface area contributed by atoms with Gasteiger partial charge in [0, 0.05) is 19.5 Å². The number of hydrogen-bond acceptors (Lipinski definition) is 2. The summed E-state index contributed by atoms with van der Waals surface area (Å²) in [5.41, 5.74) is 0. The minimum atomic E-state index is 0.376. The maximum absolute atomic E-state index is 11.8. The molecule has 1 saturated heterocycles. The Kier molecular flexibility index (Phi) is 3.29. The van der Waals surface area contributed by atoms with Crippen molar-refractivity contribution in [2.24, 2.45) is 11.8 Å². The van der Waals surface area contributed by atoms with E-state index >= 15 is 0 Å². The Labute approximate surface area is 92.4 Å². The fourth-order valence-corrected chi connectivity index (χ4v) is 2.36. The lowest BCUT2D eigenvalue weighted by Gasteiger charge is -2.31. The summed E-state index contributed by atoms with van der Waals surface area (Å²) < 4.78 is 0. The van der Waals surface area contributed by atoms with Gasteiger partial charge < -0.3 is 9.80 Å². The average Bonchev–Trinajstić information content (AvgIpc) is 3.04. The third-order valence-corrected chi connectivity index (χ3v) is 3.67. The van der Waals surface area contributed by atoms with Crippen LogP contribution in [0.25, 0.3) is 0 Å². The molecule has 3 heteroatoms. The van der Waals surface area contributed by atoms with E-state index in [0.717, 1.165) is 25.3 Å². The summed E-state index contributed by atoms with van der Waals surface area (Å²) in [6.45, 7) is 3.36. The minimum absolute atomic E-state index is 0.376. The van der Waals surface area contributed by atoms with Gasteiger partial charge >= 0.3 is 0 Å². The maximum atomic E-state index is 11.8. The summed E-state index contributed by atoms with van der Waals surface area (Å²) in [6, 6.07) is 0. The summed E-state index contributed by atoms with van der Waals surface area (Å²) >= 11 is 0. The van der Waals surface area contributed by atoms with Crippen molar-refractivity contribution in [2.45, 2.75) is 25.7 Å². The molecule has 0 radical (unpaired) electrons. The maximum Gasteiger partial charge on any atom is 0.225 e. The van der Waals surface area contributed by atoms with Crippen LogP contribution in [0.1, 0.15) is 25.7 Å². The third kappa shape index (κ3) is 2.94. The Balaban J connectivity index is 1.73. The van der Waals surface area contributed by atoms with Crippen LogP contribution in [0.2, 0.25) is 0 Å². The summed E-state index contributed by atoms with van der Waals surface area (Å²) in [5.74, 6) is 1.49. The average molecular weight is 210 g/mol. The zero-order valence-corrected chi connectivity index (χ0v) is 9.91. The van der Waals surface area contributed by atoms with Crippen LogP contribution < -0.4 is 0 Å². The van der Waals surface area contributed by atoms with Crippen LogP contribution in [0.3, 0.4) is 0 Å². The second-order valence-electron chi connectivity index (χ2n) is 5.24. The Morgan fingerprint density at radius 3 is 2.40 bits per heavy atom. The van der Waals surface area contributed by atoms with Gasteiger partial charge in [0.15, 0.2) is 0 Å². The molecule has 1 heterocycles. The zero-order valence-electron chi connectivity index (χ0n) is 9.91. The van der Waals surface area contributed by atoms with Crippen molar-refractivity contribution in [3.8, 4) is 0 Å². The van der Waals surface area contributed by atoms with Crippen LogP contribution in [0.15, 0.2) is 0 Å². The molecule has 2 aliphatic rings. The largest absolute Gasteiger partial charge is 0.345 e. The molecule has 0 aromatic rings. The van der Waals surface area contributed by atoms with Crippen LogP contribution in [0.4, 0.5) is 0 Å². The van der Waals surface area contributed by atoms with Gasteiger partial charge in [-0.1, -0.05) is 0 Å². The molecule has 0 spiro atoms. The van der Waals surface area contributed by atoms with Crippen LogP contribution in [0, 0.1) is 11.8 Å². The molecule has 0 N–H and O–H groups in total. The lowest BCUT2D eigenvalue weighted by Crippen LogP contribution is -2.38. The van der Waals surface area contributed by atoms with Gasteiger partial charge in [-0.3, -0.25) is 4.79 Å². The Hall–Kier alpha value is -0.570. The molecule has 0 aromatic carbocycles. The molecular formula is C12H22N2O. The van der Waals surface area contributed by atoms with Crippen molar-refractivity contribution in [3.63, 3.8) is 0 Å². The Morgan fingerprint density at radius 2 is 1.87 bits per heavy atom. The van der Waals surface area contributed by atoms with E-state index in [2.05, 4.69) is 11.9 Å². The predicted molar refractivity (Wildman–Crippen MR) is 60.6 cm³/mol. The molecule has 0 atom stereocenters. The van der Waals surface area contributed by atoms with E-state index in [-0.39, 0.29) is 0 Å². The first kappa shape index (κ1) is 10.9. The highest BCUT2D eigenvalue weighted by Crippen LogP contribution is 2.31. The second-order valence-corrected chi connectivity index (χ2v) is 5.24. The monoisotopic (exact) mass is 210 g/mol. The normalized spacial score (nSPS) is 24.1. The van der Waals surface area contributed by atoms with Crippen LogP contribution in [0.5, 0.6) is 0 Å². The molecule has 15 heavy (non-hydrogen) atoms. The number of nitrogens with zero attached hydrogens (tertiary/aromatic N) is 2. The van der Waals surface area contributed by atoms with Crippen molar-refractivity contribution in [1.82, 2.24) is 9.80 Å². The lowest BCUT2D eigenvalue weighted by molar-refractivity contribution is -0.132. The van der Waals surface area contributed by atoms with Gasteiger partial charge in [-0.25, -0.2) is 0 Å². The van der Waals surface area contributed by atoms with Gasteiger partial charge in [0.25, 0.3) is 0 Å². The summed E-state index contributed by atoms with van der Waals surface area (Å²) in [5, 5.41) is 0. The SMILES string of the molecule is CN1CCC(CN(C)C(=O)C2CC2)CC1. The summed E-state index contributed by atoms with van der Waals surface area (Å²) in [4.78, 5) is 16.1. The minimum Gasteiger partial charge on any atom is -0.345 e.